The topological polar surface area (TPSA) is 122 Å². The first-order valence-corrected chi connectivity index (χ1v) is 15.3. The smallest absolute Gasteiger partial charge is 0.261 e. The van der Waals surface area contributed by atoms with Crippen LogP contribution in [0.3, 0.4) is 0 Å². The van der Waals surface area contributed by atoms with E-state index in [1.807, 2.05) is 6.92 Å². The second-order valence-electron chi connectivity index (χ2n) is 8.80. The van der Waals surface area contributed by atoms with Crippen LogP contribution in [0.2, 0.25) is 5.02 Å². The summed E-state index contributed by atoms with van der Waals surface area (Å²) in [5, 5.41) is 2.85. The highest BCUT2D eigenvalue weighted by atomic mass is 35.5. The van der Waals surface area contributed by atoms with E-state index in [1.54, 1.807) is 24.3 Å². The lowest BCUT2D eigenvalue weighted by molar-refractivity contribution is 0.0947. The number of amides is 1. The Morgan fingerprint density at radius 1 is 0.921 bits per heavy atom. The Morgan fingerprint density at radius 3 is 2.21 bits per heavy atom. The molecule has 38 heavy (non-hydrogen) atoms. The van der Waals surface area contributed by atoms with Gasteiger partial charge >= 0.3 is 0 Å². The number of halogens is 1. The molecule has 0 radical (unpaired) electrons. The molecule has 2 N–H and O–H groups in total. The summed E-state index contributed by atoms with van der Waals surface area (Å²) < 4.78 is 60.1. The van der Waals surface area contributed by atoms with Gasteiger partial charge in [-0.1, -0.05) is 29.3 Å². The highest BCUT2D eigenvalue weighted by Crippen LogP contribution is 2.24. The van der Waals surface area contributed by atoms with Crippen molar-refractivity contribution in [3.05, 3.63) is 82.9 Å². The van der Waals surface area contributed by atoms with Gasteiger partial charge in [0.1, 0.15) is 12.4 Å². The maximum Gasteiger partial charge on any atom is 0.261 e. The largest absolute Gasteiger partial charge is 0.492 e. The van der Waals surface area contributed by atoms with Gasteiger partial charge in [-0.05, 0) is 74.4 Å². The number of nitrogens with one attached hydrogen (secondary N) is 2. The number of carbonyl (C=O) groups is 1. The first-order valence-electron chi connectivity index (χ1n) is 12.0. The second kappa shape index (κ2) is 11.7. The molecule has 12 heteroatoms. The number of anilines is 1. The monoisotopic (exact) mass is 577 g/mol. The summed E-state index contributed by atoms with van der Waals surface area (Å²) in [5.74, 6) is -0.0350. The molecule has 0 spiro atoms. The van der Waals surface area contributed by atoms with Gasteiger partial charge in [-0.15, -0.1) is 0 Å². The van der Waals surface area contributed by atoms with Gasteiger partial charge in [0, 0.05) is 18.8 Å². The number of hydrogen-bond acceptors (Lipinski definition) is 6. The van der Waals surface area contributed by atoms with Crippen molar-refractivity contribution in [2.24, 2.45) is 0 Å². The summed E-state index contributed by atoms with van der Waals surface area (Å²) in [6, 6.07) is 16.8. The molecule has 1 heterocycles. The average Bonchev–Trinajstić information content (AvgIpc) is 3.44. The molecule has 1 amide bonds. The molecule has 0 bridgehead atoms. The molecule has 0 saturated carbocycles. The molecule has 0 aromatic heterocycles. The lowest BCUT2D eigenvalue weighted by Gasteiger charge is -2.15. The van der Waals surface area contributed by atoms with Crippen LogP contribution in [0.4, 0.5) is 5.69 Å². The Hall–Kier alpha value is -3.12. The quantitative estimate of drug-likeness (QED) is 0.351. The fraction of sp³-hybridized carbons (Fsp3) is 0.269. The van der Waals surface area contributed by atoms with E-state index in [-0.39, 0.29) is 39.2 Å². The zero-order valence-corrected chi connectivity index (χ0v) is 23.1. The molecule has 1 fully saturated rings. The fourth-order valence-corrected chi connectivity index (χ4v) is 6.68. The van der Waals surface area contributed by atoms with Crippen molar-refractivity contribution in [1.29, 1.82) is 0 Å². The summed E-state index contributed by atoms with van der Waals surface area (Å²) in [5.41, 5.74) is 1.23. The molecule has 3 aromatic carbocycles. The molecule has 1 saturated heterocycles. The van der Waals surface area contributed by atoms with Crippen LogP contribution in [0.25, 0.3) is 0 Å². The maximum atomic E-state index is 12.7. The third-order valence-corrected chi connectivity index (χ3v) is 9.62. The zero-order valence-electron chi connectivity index (χ0n) is 20.7. The molecular weight excluding hydrogens is 550 g/mol. The number of rotatable bonds is 10. The highest BCUT2D eigenvalue weighted by Gasteiger charge is 2.27. The molecule has 9 nitrogen and oxygen atoms in total. The molecule has 0 aliphatic carbocycles. The molecule has 1 aliphatic rings. The molecule has 0 atom stereocenters. The van der Waals surface area contributed by atoms with Gasteiger partial charge in [-0.25, -0.2) is 16.8 Å². The second-order valence-corrected chi connectivity index (χ2v) is 12.8. The first-order chi connectivity index (χ1) is 18.1. The van der Waals surface area contributed by atoms with Gasteiger partial charge in [-0.3, -0.25) is 9.52 Å². The van der Waals surface area contributed by atoms with Crippen LogP contribution in [0.15, 0.2) is 76.5 Å². The van der Waals surface area contributed by atoms with E-state index in [4.69, 9.17) is 16.3 Å². The van der Waals surface area contributed by atoms with Gasteiger partial charge in [0.15, 0.2) is 0 Å². The predicted octanol–water partition coefficient (Wildman–Crippen LogP) is 4.04. The van der Waals surface area contributed by atoms with Gasteiger partial charge < -0.3 is 10.1 Å². The SMILES string of the molecule is Cc1ccc(S(=O)(=O)Nc2ccc(Cl)c(C(=O)NCCOc3ccc(S(=O)(=O)N4CCCC4)cc3)c2)cc1. The first kappa shape index (κ1) is 27.9. The minimum absolute atomic E-state index is 0.0999. The summed E-state index contributed by atoms with van der Waals surface area (Å²) in [7, 11) is -7.33. The van der Waals surface area contributed by atoms with Crippen molar-refractivity contribution in [2.75, 3.05) is 31.0 Å². The number of aryl methyl sites for hydroxylation is 1. The van der Waals surface area contributed by atoms with Crippen molar-refractivity contribution in [1.82, 2.24) is 9.62 Å². The van der Waals surface area contributed by atoms with E-state index >= 15 is 0 Å². The van der Waals surface area contributed by atoms with Gasteiger partial charge in [0.05, 0.1) is 26.9 Å². The van der Waals surface area contributed by atoms with E-state index in [2.05, 4.69) is 10.0 Å². The van der Waals surface area contributed by atoms with Gasteiger partial charge in [-0.2, -0.15) is 4.31 Å². The van der Waals surface area contributed by atoms with Crippen LogP contribution in [-0.4, -0.2) is 53.3 Å². The Kier molecular flexibility index (Phi) is 8.61. The maximum absolute atomic E-state index is 12.7. The summed E-state index contributed by atoms with van der Waals surface area (Å²) in [6.07, 6.45) is 1.73. The number of nitrogens with zero attached hydrogens (tertiary/aromatic N) is 1. The van der Waals surface area contributed by atoms with E-state index in [0.29, 0.717) is 18.8 Å². The lowest BCUT2D eigenvalue weighted by Crippen LogP contribution is -2.28. The van der Waals surface area contributed by atoms with Crippen molar-refractivity contribution in [2.45, 2.75) is 29.6 Å². The number of hydrogen-bond donors (Lipinski definition) is 2. The molecule has 0 unspecified atom stereocenters. The lowest BCUT2D eigenvalue weighted by atomic mass is 10.2. The number of carbonyl (C=O) groups excluding carboxylic acids is 1. The van der Waals surface area contributed by atoms with E-state index < -0.39 is 26.0 Å². The van der Waals surface area contributed by atoms with E-state index in [1.165, 1.54) is 46.8 Å². The van der Waals surface area contributed by atoms with Crippen LogP contribution in [-0.2, 0) is 20.0 Å². The zero-order chi connectivity index (χ0) is 27.3. The van der Waals surface area contributed by atoms with Crippen molar-refractivity contribution >= 4 is 43.2 Å². The van der Waals surface area contributed by atoms with E-state index in [9.17, 15) is 21.6 Å². The van der Waals surface area contributed by atoms with Crippen molar-refractivity contribution in [3.8, 4) is 5.75 Å². The molecule has 4 rings (SSSR count). The van der Waals surface area contributed by atoms with Crippen LogP contribution in [0.5, 0.6) is 5.75 Å². The average molecular weight is 578 g/mol. The van der Waals surface area contributed by atoms with Gasteiger partial charge in [0.2, 0.25) is 10.0 Å². The van der Waals surface area contributed by atoms with E-state index in [0.717, 1.165) is 18.4 Å². The molecule has 202 valence electrons. The van der Waals surface area contributed by atoms with Crippen LogP contribution in [0, 0.1) is 6.92 Å². The Labute approximate surface area is 227 Å². The summed E-state index contributed by atoms with van der Waals surface area (Å²) in [6.45, 7) is 3.19. The minimum Gasteiger partial charge on any atom is -0.492 e. The molecular formula is C26H28ClN3O6S2. The normalized spacial score (nSPS) is 14.3. The Morgan fingerprint density at radius 2 is 1.55 bits per heavy atom. The predicted molar refractivity (Wildman–Crippen MR) is 146 cm³/mol. The third-order valence-electron chi connectivity index (χ3n) is 5.98. The highest BCUT2D eigenvalue weighted by molar-refractivity contribution is 7.92. The number of ether oxygens (including phenoxy) is 1. The van der Waals surface area contributed by atoms with Gasteiger partial charge in [0.25, 0.3) is 15.9 Å². The minimum atomic E-state index is -3.84. The molecule has 1 aliphatic heterocycles. The fourth-order valence-electron chi connectivity index (χ4n) is 3.91. The van der Waals surface area contributed by atoms with Crippen molar-refractivity contribution in [3.63, 3.8) is 0 Å². The van der Waals surface area contributed by atoms with Crippen LogP contribution in [0.1, 0.15) is 28.8 Å². The van der Waals surface area contributed by atoms with Crippen LogP contribution < -0.4 is 14.8 Å². The third kappa shape index (κ3) is 6.65. The molecule has 3 aromatic rings. The Balaban J connectivity index is 1.31. The standard InChI is InChI=1S/C26H28ClN3O6S2/c1-19-4-9-22(10-5-19)37(32,33)29-20-6-13-25(27)24(18-20)26(31)28-14-17-36-21-7-11-23(12-8-21)38(34,35)30-15-2-3-16-30/h4-13,18,29H,2-3,14-17H2,1H3,(H,28,31). The summed E-state index contributed by atoms with van der Waals surface area (Å²) in [4.78, 5) is 13.0. The van der Waals surface area contributed by atoms with Crippen molar-refractivity contribution < 1.29 is 26.4 Å². The van der Waals surface area contributed by atoms with Crippen LogP contribution >= 0.6 is 11.6 Å². The number of sulfonamides is 2. The summed E-state index contributed by atoms with van der Waals surface area (Å²) >= 11 is 6.18. The Bertz CT molecular complexity index is 1500. The number of benzene rings is 3.